The molecule has 9 heteroatoms. The number of halogens is 2. The predicted molar refractivity (Wildman–Crippen MR) is 114 cm³/mol. The fourth-order valence-electron chi connectivity index (χ4n) is 3.92. The first-order valence-electron chi connectivity index (χ1n) is 9.47. The summed E-state index contributed by atoms with van der Waals surface area (Å²) in [5, 5.41) is 10.8. The van der Waals surface area contributed by atoms with Gasteiger partial charge in [0.25, 0.3) is 0 Å². The van der Waals surface area contributed by atoms with Gasteiger partial charge < -0.3 is 15.5 Å². The molecule has 0 spiro atoms. The summed E-state index contributed by atoms with van der Waals surface area (Å²) >= 11 is 0. The second-order valence-electron chi connectivity index (χ2n) is 7.13. The quantitative estimate of drug-likeness (QED) is 0.765. The van der Waals surface area contributed by atoms with Gasteiger partial charge in [0.05, 0.1) is 0 Å². The van der Waals surface area contributed by atoms with Crippen molar-refractivity contribution in [2.75, 3.05) is 31.1 Å². The van der Waals surface area contributed by atoms with Crippen molar-refractivity contribution in [1.29, 1.82) is 0 Å². The van der Waals surface area contributed by atoms with Crippen LogP contribution in [-0.4, -0.2) is 46.9 Å². The lowest BCUT2D eigenvalue weighted by Crippen LogP contribution is -2.54. The number of rotatable bonds is 5. The molecule has 0 atom stereocenters. The summed E-state index contributed by atoms with van der Waals surface area (Å²) in [6, 6.07) is 5.99. The first-order chi connectivity index (χ1) is 12.8. The fourth-order valence-corrected chi connectivity index (χ4v) is 3.92. The van der Waals surface area contributed by atoms with Crippen LogP contribution in [0.2, 0.25) is 0 Å². The molecule has 2 N–H and O–H groups in total. The third-order valence-electron chi connectivity index (χ3n) is 5.49. The molecule has 7 nitrogen and oxygen atoms in total. The largest absolute Gasteiger partial charge is 0.357 e. The van der Waals surface area contributed by atoms with Crippen LogP contribution in [0.15, 0.2) is 36.8 Å². The molecule has 0 bridgehead atoms. The highest BCUT2D eigenvalue weighted by molar-refractivity contribution is 5.85. The minimum atomic E-state index is -0.600. The molecule has 154 valence electrons. The van der Waals surface area contributed by atoms with E-state index in [0.29, 0.717) is 6.54 Å². The molecule has 1 amide bonds. The lowest BCUT2D eigenvalue weighted by atomic mass is 9.87. The summed E-state index contributed by atoms with van der Waals surface area (Å²) in [7, 11) is 0. The third kappa shape index (κ3) is 4.59. The molecule has 0 radical (unpaired) electrons. The van der Waals surface area contributed by atoms with Gasteiger partial charge in [-0.05, 0) is 56.5 Å². The number of anilines is 1. The van der Waals surface area contributed by atoms with E-state index in [4.69, 9.17) is 0 Å². The van der Waals surface area contributed by atoms with Gasteiger partial charge in [-0.2, -0.15) is 5.10 Å². The Morgan fingerprint density at radius 3 is 2.54 bits per heavy atom. The van der Waals surface area contributed by atoms with Crippen LogP contribution in [0.5, 0.6) is 0 Å². The average Bonchev–Trinajstić information content (AvgIpc) is 3.41. The summed E-state index contributed by atoms with van der Waals surface area (Å²) in [5.74, 6) is 1.07. The van der Waals surface area contributed by atoms with Crippen LogP contribution >= 0.6 is 24.8 Å². The van der Waals surface area contributed by atoms with Gasteiger partial charge in [0, 0.05) is 38.2 Å². The summed E-state index contributed by atoms with van der Waals surface area (Å²) in [4.78, 5) is 19.9. The second kappa shape index (κ2) is 10.1. The Bertz CT molecular complexity index is 725. The van der Waals surface area contributed by atoms with Crippen molar-refractivity contribution >= 4 is 36.5 Å². The Balaban J connectivity index is 0.00000140. The lowest BCUT2D eigenvalue weighted by Gasteiger charge is -2.36. The van der Waals surface area contributed by atoms with E-state index in [1.54, 1.807) is 6.20 Å². The van der Waals surface area contributed by atoms with Crippen molar-refractivity contribution < 1.29 is 4.79 Å². The van der Waals surface area contributed by atoms with Crippen molar-refractivity contribution in [3.05, 3.63) is 42.4 Å². The van der Waals surface area contributed by atoms with Crippen molar-refractivity contribution in [2.24, 2.45) is 0 Å². The minimum absolute atomic E-state index is 0. The van der Waals surface area contributed by atoms with Crippen molar-refractivity contribution in [3.63, 3.8) is 0 Å². The van der Waals surface area contributed by atoms with Gasteiger partial charge in [-0.15, -0.1) is 24.8 Å². The molecule has 2 aromatic heterocycles. The number of nitrogens with one attached hydrogen (secondary N) is 2. The molecule has 0 saturated carbocycles. The number of hydrogen-bond donors (Lipinski definition) is 2. The maximum Gasteiger partial charge on any atom is 0.248 e. The molecule has 0 unspecified atom stereocenters. The van der Waals surface area contributed by atoms with Crippen LogP contribution in [0.4, 0.5) is 5.82 Å². The topological polar surface area (TPSA) is 75.1 Å². The molecule has 0 aromatic carbocycles. The average molecular weight is 427 g/mol. The minimum Gasteiger partial charge on any atom is -0.357 e. The normalized spacial score (nSPS) is 18.1. The number of hydrogen-bond acceptors (Lipinski definition) is 5. The molecule has 28 heavy (non-hydrogen) atoms. The smallest absolute Gasteiger partial charge is 0.248 e. The molecule has 2 fully saturated rings. The number of nitrogens with zero attached hydrogens (tertiary/aromatic N) is 4. The van der Waals surface area contributed by atoms with E-state index in [1.807, 2.05) is 23.1 Å². The molecular weight excluding hydrogens is 399 g/mol. The zero-order valence-corrected chi connectivity index (χ0v) is 17.5. The highest BCUT2D eigenvalue weighted by Gasteiger charge is 2.41. The summed E-state index contributed by atoms with van der Waals surface area (Å²) in [6.45, 7) is 4.30. The van der Waals surface area contributed by atoms with E-state index >= 15 is 0 Å². The molecule has 4 rings (SSSR count). The predicted octanol–water partition coefficient (Wildman–Crippen LogP) is 2.12. The molecule has 2 aliphatic heterocycles. The Kier molecular flexibility index (Phi) is 8.10. The molecule has 2 saturated heterocycles. The van der Waals surface area contributed by atoms with Gasteiger partial charge >= 0.3 is 0 Å². The highest BCUT2D eigenvalue weighted by atomic mass is 35.5. The van der Waals surface area contributed by atoms with Crippen LogP contribution < -0.4 is 15.5 Å². The number of pyridine rings is 1. The van der Waals surface area contributed by atoms with Gasteiger partial charge in [-0.25, -0.2) is 4.98 Å². The summed E-state index contributed by atoms with van der Waals surface area (Å²) in [5.41, 5.74) is 0.420. The van der Waals surface area contributed by atoms with Gasteiger partial charge in [0.2, 0.25) is 5.91 Å². The van der Waals surface area contributed by atoms with E-state index in [-0.39, 0.29) is 30.7 Å². The Hall–Kier alpha value is -1.83. The van der Waals surface area contributed by atoms with Crippen LogP contribution in [0.25, 0.3) is 0 Å². The molecule has 2 aliphatic rings. The molecular formula is C19H28Cl2N6O. The van der Waals surface area contributed by atoms with Crippen LogP contribution in [0.3, 0.4) is 0 Å². The zero-order chi connectivity index (χ0) is 17.8. The summed E-state index contributed by atoms with van der Waals surface area (Å²) in [6.07, 6.45) is 9.46. The molecule has 0 aliphatic carbocycles. The van der Waals surface area contributed by atoms with E-state index in [2.05, 4.69) is 37.7 Å². The maximum atomic E-state index is 13.0. The van der Waals surface area contributed by atoms with Crippen LogP contribution in [0.1, 0.15) is 31.2 Å². The fraction of sp³-hybridized carbons (Fsp3) is 0.526. The van der Waals surface area contributed by atoms with Gasteiger partial charge in [0.15, 0.2) is 0 Å². The number of piperidine rings is 1. The monoisotopic (exact) mass is 426 g/mol. The first-order valence-corrected chi connectivity index (χ1v) is 9.47. The second-order valence-corrected chi connectivity index (χ2v) is 7.13. The Morgan fingerprint density at radius 2 is 1.93 bits per heavy atom. The zero-order valence-electron chi connectivity index (χ0n) is 15.8. The summed E-state index contributed by atoms with van der Waals surface area (Å²) < 4.78 is 1.82. The van der Waals surface area contributed by atoms with Gasteiger partial charge in [0.1, 0.15) is 11.4 Å². The van der Waals surface area contributed by atoms with E-state index < -0.39 is 5.54 Å². The van der Waals surface area contributed by atoms with Crippen LogP contribution in [0, 0.1) is 0 Å². The number of carbonyl (C=O) groups is 1. The van der Waals surface area contributed by atoms with E-state index in [9.17, 15) is 4.79 Å². The van der Waals surface area contributed by atoms with Crippen molar-refractivity contribution in [3.8, 4) is 0 Å². The maximum absolute atomic E-state index is 13.0. The Labute approximate surface area is 178 Å². The standard InChI is InChI=1S/C19H26N6O.2ClH/c26-18(19(6-9-20-10-7-19)25-13-3-8-23-25)22-15-16-4-5-17(21-14-16)24-11-1-2-12-24;;/h3-5,8,13-14,20H,1-2,6-7,9-12,15H2,(H,22,26);2*1H. The number of amides is 1. The van der Waals surface area contributed by atoms with Gasteiger partial charge in [-0.1, -0.05) is 6.07 Å². The van der Waals surface area contributed by atoms with E-state index in [1.165, 1.54) is 12.8 Å². The highest BCUT2D eigenvalue weighted by Crippen LogP contribution is 2.27. The lowest BCUT2D eigenvalue weighted by molar-refractivity contribution is -0.132. The van der Waals surface area contributed by atoms with Crippen molar-refractivity contribution in [2.45, 2.75) is 37.8 Å². The SMILES string of the molecule is Cl.Cl.O=C(NCc1ccc(N2CCCC2)nc1)C1(n2cccn2)CCNCC1. The van der Waals surface area contributed by atoms with E-state index in [0.717, 1.165) is 50.4 Å². The first kappa shape index (κ1) is 22.5. The van der Waals surface area contributed by atoms with Gasteiger partial charge in [-0.3, -0.25) is 9.48 Å². The number of carbonyl (C=O) groups excluding carboxylic acids is 1. The Morgan fingerprint density at radius 1 is 1.18 bits per heavy atom. The van der Waals surface area contributed by atoms with Crippen LogP contribution in [-0.2, 0) is 16.9 Å². The third-order valence-corrected chi connectivity index (χ3v) is 5.49. The molecule has 4 heterocycles. The number of aromatic nitrogens is 3. The van der Waals surface area contributed by atoms with Crippen molar-refractivity contribution in [1.82, 2.24) is 25.4 Å². The molecule has 2 aromatic rings.